The van der Waals surface area contributed by atoms with Crippen LogP contribution in [0.25, 0.3) is 0 Å². The summed E-state index contributed by atoms with van der Waals surface area (Å²) in [5.41, 5.74) is -0.193. The van der Waals surface area contributed by atoms with Gasteiger partial charge in [0.05, 0.1) is 18.7 Å². The van der Waals surface area contributed by atoms with Crippen molar-refractivity contribution in [2.75, 3.05) is 20.2 Å². The van der Waals surface area contributed by atoms with E-state index in [-0.39, 0.29) is 30.0 Å². The van der Waals surface area contributed by atoms with Gasteiger partial charge in [0.2, 0.25) is 11.8 Å². The van der Waals surface area contributed by atoms with E-state index < -0.39 is 0 Å². The molecule has 1 atom stereocenters. The second-order valence-electron chi connectivity index (χ2n) is 5.82. The highest BCUT2D eigenvalue weighted by Crippen LogP contribution is 2.38. The summed E-state index contributed by atoms with van der Waals surface area (Å²) in [6.07, 6.45) is 5.24. The molecule has 1 unspecified atom stereocenters. The molecule has 2 saturated carbocycles. The van der Waals surface area contributed by atoms with Crippen LogP contribution in [0.3, 0.4) is 0 Å². The Hall–Kier alpha value is -1.10. The molecule has 3 fully saturated rings. The summed E-state index contributed by atoms with van der Waals surface area (Å²) in [5, 5.41) is 2.83. The highest BCUT2D eigenvalue weighted by Gasteiger charge is 2.46. The maximum atomic E-state index is 12.3. The molecule has 1 heterocycles. The number of hydrogen-bond donors (Lipinski definition) is 1. The third kappa shape index (κ3) is 2.00. The fraction of sp³-hybridized carbons (Fsp3) is 0.846. The first-order valence-corrected chi connectivity index (χ1v) is 6.77. The summed E-state index contributed by atoms with van der Waals surface area (Å²) in [4.78, 5) is 25.7. The second kappa shape index (κ2) is 4.23. The molecule has 0 radical (unpaired) electrons. The van der Waals surface area contributed by atoms with E-state index in [1.165, 1.54) is 0 Å². The van der Waals surface area contributed by atoms with Crippen LogP contribution in [0.15, 0.2) is 0 Å². The standard InChI is InChI=1S/C13H20N2O3/c1-18-13(5-2-6-13)8-15-7-10(16)14-11(12(15)17)9-3-4-9/h9,11H,2-8H2,1H3,(H,14,16). The lowest BCUT2D eigenvalue weighted by Crippen LogP contribution is -2.62. The minimum Gasteiger partial charge on any atom is -0.376 e. The zero-order chi connectivity index (χ0) is 12.8. The van der Waals surface area contributed by atoms with Gasteiger partial charge in [-0.1, -0.05) is 0 Å². The molecule has 0 aromatic heterocycles. The van der Waals surface area contributed by atoms with Crippen molar-refractivity contribution in [3.63, 3.8) is 0 Å². The SMILES string of the molecule is COC1(CN2CC(=O)NC(C3CC3)C2=O)CCC1. The summed E-state index contributed by atoms with van der Waals surface area (Å²) < 4.78 is 5.55. The molecule has 0 aromatic rings. The predicted octanol–water partition coefficient (Wildman–Crippen LogP) is 0.292. The van der Waals surface area contributed by atoms with E-state index in [1.54, 1.807) is 12.0 Å². The van der Waals surface area contributed by atoms with Gasteiger partial charge in [-0.25, -0.2) is 0 Å². The summed E-state index contributed by atoms with van der Waals surface area (Å²) in [6, 6.07) is -0.278. The molecule has 0 aromatic carbocycles. The number of rotatable bonds is 4. The van der Waals surface area contributed by atoms with Crippen LogP contribution in [0.4, 0.5) is 0 Å². The van der Waals surface area contributed by atoms with E-state index in [4.69, 9.17) is 4.74 Å². The largest absolute Gasteiger partial charge is 0.376 e. The van der Waals surface area contributed by atoms with Crippen LogP contribution in [0.5, 0.6) is 0 Å². The predicted molar refractivity (Wildman–Crippen MR) is 64.8 cm³/mol. The average Bonchev–Trinajstić information content (AvgIpc) is 3.11. The van der Waals surface area contributed by atoms with Crippen LogP contribution < -0.4 is 5.32 Å². The van der Waals surface area contributed by atoms with Gasteiger partial charge >= 0.3 is 0 Å². The van der Waals surface area contributed by atoms with Gasteiger partial charge in [-0.2, -0.15) is 0 Å². The van der Waals surface area contributed by atoms with Gasteiger partial charge in [0.25, 0.3) is 0 Å². The fourth-order valence-corrected chi connectivity index (χ4v) is 2.96. The first kappa shape index (κ1) is 12.0. The van der Waals surface area contributed by atoms with Crippen LogP contribution >= 0.6 is 0 Å². The van der Waals surface area contributed by atoms with E-state index in [0.29, 0.717) is 12.5 Å². The van der Waals surface area contributed by atoms with Crippen LogP contribution in [0.2, 0.25) is 0 Å². The fourth-order valence-electron chi connectivity index (χ4n) is 2.96. The molecule has 5 heteroatoms. The Morgan fingerprint density at radius 3 is 2.61 bits per heavy atom. The van der Waals surface area contributed by atoms with Gasteiger partial charge in [0, 0.05) is 7.11 Å². The monoisotopic (exact) mass is 252 g/mol. The highest BCUT2D eigenvalue weighted by atomic mass is 16.5. The van der Waals surface area contributed by atoms with Crippen molar-refractivity contribution in [1.82, 2.24) is 10.2 Å². The molecule has 2 aliphatic carbocycles. The zero-order valence-electron chi connectivity index (χ0n) is 10.8. The normalized spacial score (nSPS) is 30.9. The third-order valence-corrected chi connectivity index (χ3v) is 4.50. The molecule has 18 heavy (non-hydrogen) atoms. The molecule has 5 nitrogen and oxygen atoms in total. The molecule has 0 spiro atoms. The Morgan fingerprint density at radius 2 is 2.11 bits per heavy atom. The lowest BCUT2D eigenvalue weighted by Gasteiger charge is -2.45. The Kier molecular flexibility index (Phi) is 2.81. The molecule has 1 saturated heterocycles. The number of carbonyl (C=O) groups is 2. The molecular formula is C13H20N2O3. The highest BCUT2D eigenvalue weighted by molar-refractivity contribution is 5.95. The molecule has 3 rings (SSSR count). The first-order valence-electron chi connectivity index (χ1n) is 6.77. The molecule has 1 aliphatic heterocycles. The van der Waals surface area contributed by atoms with Crippen LogP contribution in [-0.4, -0.2) is 48.6 Å². The number of nitrogens with zero attached hydrogens (tertiary/aromatic N) is 1. The van der Waals surface area contributed by atoms with Crippen molar-refractivity contribution in [3.05, 3.63) is 0 Å². The van der Waals surface area contributed by atoms with Gasteiger partial charge < -0.3 is 15.0 Å². The van der Waals surface area contributed by atoms with Crippen LogP contribution in [0, 0.1) is 5.92 Å². The van der Waals surface area contributed by atoms with Gasteiger partial charge in [-0.3, -0.25) is 9.59 Å². The van der Waals surface area contributed by atoms with Crippen molar-refractivity contribution >= 4 is 11.8 Å². The van der Waals surface area contributed by atoms with Crippen molar-refractivity contribution < 1.29 is 14.3 Å². The van der Waals surface area contributed by atoms with Crippen molar-refractivity contribution in [2.45, 2.75) is 43.7 Å². The van der Waals surface area contributed by atoms with E-state index >= 15 is 0 Å². The van der Waals surface area contributed by atoms with E-state index in [0.717, 1.165) is 32.1 Å². The number of hydrogen-bond acceptors (Lipinski definition) is 3. The smallest absolute Gasteiger partial charge is 0.246 e. The molecule has 0 bridgehead atoms. The lowest BCUT2D eigenvalue weighted by atomic mass is 9.79. The molecular weight excluding hydrogens is 232 g/mol. The number of ether oxygens (including phenoxy) is 1. The van der Waals surface area contributed by atoms with Gasteiger partial charge in [0.15, 0.2) is 0 Å². The Labute approximate surface area is 107 Å². The Balaban J connectivity index is 1.69. The van der Waals surface area contributed by atoms with Crippen LogP contribution in [0.1, 0.15) is 32.1 Å². The van der Waals surface area contributed by atoms with E-state index in [1.807, 2.05) is 0 Å². The number of methoxy groups -OCH3 is 1. The quantitative estimate of drug-likeness (QED) is 0.782. The van der Waals surface area contributed by atoms with Gasteiger partial charge in [-0.15, -0.1) is 0 Å². The lowest BCUT2D eigenvalue weighted by molar-refractivity contribution is -0.153. The Morgan fingerprint density at radius 1 is 1.39 bits per heavy atom. The second-order valence-corrected chi connectivity index (χ2v) is 5.82. The van der Waals surface area contributed by atoms with Gasteiger partial charge in [0.1, 0.15) is 6.04 Å². The van der Waals surface area contributed by atoms with Crippen molar-refractivity contribution in [2.24, 2.45) is 5.92 Å². The number of nitrogens with one attached hydrogen (secondary N) is 1. The van der Waals surface area contributed by atoms with Gasteiger partial charge in [-0.05, 0) is 38.0 Å². The van der Waals surface area contributed by atoms with Crippen molar-refractivity contribution in [3.8, 4) is 0 Å². The number of amides is 2. The number of carbonyl (C=O) groups excluding carboxylic acids is 2. The minimum absolute atomic E-state index is 0.0305. The van der Waals surface area contributed by atoms with E-state index in [9.17, 15) is 9.59 Å². The van der Waals surface area contributed by atoms with E-state index in [2.05, 4.69) is 5.32 Å². The molecule has 2 amide bonds. The minimum atomic E-state index is -0.278. The molecule has 1 N–H and O–H groups in total. The summed E-state index contributed by atoms with van der Waals surface area (Å²) >= 11 is 0. The average molecular weight is 252 g/mol. The zero-order valence-corrected chi connectivity index (χ0v) is 10.8. The summed E-state index contributed by atoms with van der Waals surface area (Å²) in [7, 11) is 1.70. The third-order valence-electron chi connectivity index (χ3n) is 4.50. The maximum absolute atomic E-state index is 12.3. The summed E-state index contributed by atoms with van der Waals surface area (Å²) in [6.45, 7) is 0.756. The van der Waals surface area contributed by atoms with Crippen molar-refractivity contribution in [1.29, 1.82) is 0 Å². The van der Waals surface area contributed by atoms with Crippen LogP contribution in [-0.2, 0) is 14.3 Å². The molecule has 100 valence electrons. The molecule has 3 aliphatic rings. The maximum Gasteiger partial charge on any atom is 0.246 e. The first-order chi connectivity index (χ1) is 8.63. The summed E-state index contributed by atoms with van der Waals surface area (Å²) in [5.74, 6) is 0.418. The Bertz CT molecular complexity index is 369. The topological polar surface area (TPSA) is 58.6 Å². The number of piperazine rings is 1.